The van der Waals surface area contributed by atoms with E-state index < -0.39 is 5.82 Å². The van der Waals surface area contributed by atoms with E-state index in [0.717, 1.165) is 0 Å². The molecule has 0 aromatic heterocycles. The van der Waals surface area contributed by atoms with E-state index in [-0.39, 0.29) is 0 Å². The van der Waals surface area contributed by atoms with Gasteiger partial charge >= 0.3 is 0 Å². The van der Waals surface area contributed by atoms with Gasteiger partial charge in [-0.15, -0.1) is 0 Å². The largest absolute Gasteiger partial charge is 0.456 e. The van der Waals surface area contributed by atoms with Gasteiger partial charge in [-0.05, 0) is 40.2 Å². The van der Waals surface area contributed by atoms with Crippen LogP contribution in [0.25, 0.3) is 0 Å². The summed E-state index contributed by atoms with van der Waals surface area (Å²) < 4.78 is 19.2. The first kappa shape index (κ1) is 12.4. The summed E-state index contributed by atoms with van der Waals surface area (Å²) in [7, 11) is 0. The van der Waals surface area contributed by atoms with Crippen molar-refractivity contribution in [2.45, 2.75) is 0 Å². The number of nitrogen functional groups attached to an aromatic ring is 1. The van der Waals surface area contributed by atoms with E-state index in [0.29, 0.717) is 27.2 Å². The molecule has 0 aliphatic heterocycles. The number of rotatable bonds is 2. The normalized spacial score (nSPS) is 9.83. The fourth-order valence-corrected chi connectivity index (χ4v) is 1.71. The number of nitrogens with zero attached hydrogens (tertiary/aromatic N) is 1. The predicted molar refractivity (Wildman–Crippen MR) is 69.7 cm³/mol. The van der Waals surface area contributed by atoms with Gasteiger partial charge in [0.05, 0.1) is 10.0 Å². The second-order valence-electron chi connectivity index (χ2n) is 3.54. The van der Waals surface area contributed by atoms with Crippen molar-refractivity contribution in [3.8, 4) is 17.6 Å². The molecule has 0 spiro atoms. The lowest BCUT2D eigenvalue weighted by Gasteiger charge is -2.08. The second kappa shape index (κ2) is 5.07. The zero-order valence-electron chi connectivity index (χ0n) is 9.15. The van der Waals surface area contributed by atoms with Crippen molar-refractivity contribution in [3.05, 3.63) is 52.3 Å². The van der Waals surface area contributed by atoms with E-state index in [9.17, 15) is 4.39 Å². The number of nitriles is 1. The van der Waals surface area contributed by atoms with Crippen molar-refractivity contribution in [2.24, 2.45) is 0 Å². The highest BCUT2D eigenvalue weighted by atomic mass is 79.9. The molecule has 0 aliphatic carbocycles. The van der Waals surface area contributed by atoms with Crippen molar-refractivity contribution in [1.82, 2.24) is 0 Å². The van der Waals surface area contributed by atoms with Crippen LogP contribution in [0.5, 0.6) is 11.5 Å². The third kappa shape index (κ3) is 2.60. The fourth-order valence-electron chi connectivity index (χ4n) is 1.38. The Kier molecular flexibility index (Phi) is 3.49. The summed E-state index contributed by atoms with van der Waals surface area (Å²) in [5, 5.41) is 8.85. The van der Waals surface area contributed by atoms with Gasteiger partial charge in [0.1, 0.15) is 23.4 Å². The molecule has 0 heterocycles. The highest BCUT2D eigenvalue weighted by molar-refractivity contribution is 9.10. The summed E-state index contributed by atoms with van der Waals surface area (Å²) in [5.74, 6) is 0.361. The topological polar surface area (TPSA) is 59.0 Å². The standard InChI is InChI=1S/C13H8BrFN2O/c14-11-3-1-9(15)6-13(11)18-10-2-4-12(17)8(5-10)7-16/h1-6H,17H2. The zero-order valence-corrected chi connectivity index (χ0v) is 10.7. The van der Waals surface area contributed by atoms with E-state index in [4.69, 9.17) is 15.7 Å². The molecule has 5 heteroatoms. The van der Waals surface area contributed by atoms with Gasteiger partial charge in [-0.1, -0.05) is 0 Å². The number of hydrogen-bond acceptors (Lipinski definition) is 3. The first-order valence-corrected chi connectivity index (χ1v) is 5.82. The number of ether oxygens (including phenoxy) is 1. The monoisotopic (exact) mass is 306 g/mol. The predicted octanol–water partition coefficient (Wildman–Crippen LogP) is 3.83. The molecule has 2 aromatic rings. The third-order valence-corrected chi connectivity index (χ3v) is 2.92. The molecule has 0 amide bonds. The lowest BCUT2D eigenvalue weighted by molar-refractivity contribution is 0.473. The highest BCUT2D eigenvalue weighted by Crippen LogP contribution is 2.31. The Bertz CT molecular complexity index is 637. The van der Waals surface area contributed by atoms with Crippen LogP contribution in [-0.2, 0) is 0 Å². The Labute approximate surface area is 112 Å². The van der Waals surface area contributed by atoms with Gasteiger partial charge in [-0.3, -0.25) is 0 Å². The van der Waals surface area contributed by atoms with E-state index in [1.807, 2.05) is 6.07 Å². The van der Waals surface area contributed by atoms with Crippen LogP contribution >= 0.6 is 15.9 Å². The minimum Gasteiger partial charge on any atom is -0.456 e. The molecule has 0 atom stereocenters. The maximum atomic E-state index is 13.1. The molecule has 90 valence electrons. The van der Waals surface area contributed by atoms with Crippen LogP contribution in [0.4, 0.5) is 10.1 Å². The van der Waals surface area contributed by atoms with Gasteiger partial charge in [0, 0.05) is 17.8 Å². The molecule has 0 bridgehead atoms. The van der Waals surface area contributed by atoms with Gasteiger partial charge in [0.15, 0.2) is 0 Å². The van der Waals surface area contributed by atoms with Crippen LogP contribution in [0, 0.1) is 17.1 Å². The minimum atomic E-state index is -0.399. The first-order valence-electron chi connectivity index (χ1n) is 5.02. The molecule has 2 rings (SSSR count). The van der Waals surface area contributed by atoms with Gasteiger partial charge in [0.2, 0.25) is 0 Å². The fraction of sp³-hybridized carbons (Fsp3) is 0. The number of hydrogen-bond donors (Lipinski definition) is 1. The van der Waals surface area contributed by atoms with Crippen LogP contribution < -0.4 is 10.5 Å². The Morgan fingerprint density at radius 3 is 2.72 bits per heavy atom. The van der Waals surface area contributed by atoms with Crippen molar-refractivity contribution in [2.75, 3.05) is 5.73 Å². The average molecular weight is 307 g/mol. The Morgan fingerprint density at radius 2 is 2.00 bits per heavy atom. The van der Waals surface area contributed by atoms with Crippen LogP contribution in [0.2, 0.25) is 0 Å². The molecule has 0 radical (unpaired) electrons. The summed E-state index contributed by atoms with van der Waals surface area (Å²) in [6.45, 7) is 0. The van der Waals surface area contributed by atoms with E-state index in [1.54, 1.807) is 18.2 Å². The van der Waals surface area contributed by atoms with Crippen molar-refractivity contribution in [3.63, 3.8) is 0 Å². The quantitative estimate of drug-likeness (QED) is 0.858. The van der Waals surface area contributed by atoms with Crippen molar-refractivity contribution in [1.29, 1.82) is 5.26 Å². The lowest BCUT2D eigenvalue weighted by Crippen LogP contribution is -1.92. The second-order valence-corrected chi connectivity index (χ2v) is 4.39. The number of anilines is 1. The molecule has 2 aromatic carbocycles. The van der Waals surface area contributed by atoms with E-state index >= 15 is 0 Å². The molecule has 0 unspecified atom stereocenters. The molecule has 0 saturated heterocycles. The zero-order chi connectivity index (χ0) is 13.1. The van der Waals surface area contributed by atoms with Crippen LogP contribution in [-0.4, -0.2) is 0 Å². The molecule has 0 aliphatic rings. The summed E-state index contributed by atoms with van der Waals surface area (Å²) in [4.78, 5) is 0. The maximum absolute atomic E-state index is 13.1. The minimum absolute atomic E-state index is 0.319. The van der Waals surface area contributed by atoms with Crippen molar-refractivity contribution >= 4 is 21.6 Å². The number of nitrogens with two attached hydrogens (primary N) is 1. The van der Waals surface area contributed by atoms with Crippen LogP contribution in [0.3, 0.4) is 0 Å². The molecule has 18 heavy (non-hydrogen) atoms. The van der Waals surface area contributed by atoms with Gasteiger partial charge in [-0.2, -0.15) is 5.26 Å². The lowest BCUT2D eigenvalue weighted by atomic mass is 10.2. The summed E-state index contributed by atoms with van der Waals surface area (Å²) in [6.07, 6.45) is 0. The third-order valence-electron chi connectivity index (χ3n) is 2.27. The molecular weight excluding hydrogens is 299 g/mol. The smallest absolute Gasteiger partial charge is 0.144 e. The Morgan fingerprint density at radius 1 is 1.22 bits per heavy atom. The Balaban J connectivity index is 2.34. The highest BCUT2D eigenvalue weighted by Gasteiger charge is 2.06. The summed E-state index contributed by atoms with van der Waals surface area (Å²) in [5.41, 5.74) is 6.30. The average Bonchev–Trinajstić information content (AvgIpc) is 2.36. The SMILES string of the molecule is N#Cc1cc(Oc2cc(F)ccc2Br)ccc1N. The summed E-state index contributed by atoms with van der Waals surface area (Å²) >= 11 is 3.26. The number of benzene rings is 2. The molecular formula is C13H8BrFN2O. The summed E-state index contributed by atoms with van der Waals surface area (Å²) in [6, 6.07) is 10.8. The van der Waals surface area contributed by atoms with Gasteiger partial charge in [0.25, 0.3) is 0 Å². The maximum Gasteiger partial charge on any atom is 0.144 e. The Hall–Kier alpha value is -2.06. The van der Waals surface area contributed by atoms with Crippen molar-refractivity contribution < 1.29 is 9.13 Å². The van der Waals surface area contributed by atoms with Gasteiger partial charge < -0.3 is 10.5 Å². The molecule has 3 nitrogen and oxygen atoms in total. The molecule has 0 saturated carbocycles. The van der Waals surface area contributed by atoms with Crippen LogP contribution in [0.15, 0.2) is 40.9 Å². The molecule has 0 fully saturated rings. The number of halogens is 2. The van der Waals surface area contributed by atoms with Gasteiger partial charge in [-0.25, -0.2) is 4.39 Å². The van der Waals surface area contributed by atoms with E-state index in [1.165, 1.54) is 18.2 Å². The van der Waals surface area contributed by atoms with E-state index in [2.05, 4.69) is 15.9 Å². The first-order chi connectivity index (χ1) is 8.60. The van der Waals surface area contributed by atoms with Crippen LogP contribution in [0.1, 0.15) is 5.56 Å². The molecule has 2 N–H and O–H groups in total.